The minimum Gasteiger partial charge on any atom is -0.493 e. The van der Waals surface area contributed by atoms with Crippen LogP contribution in [0.5, 0.6) is 17.4 Å². The number of methoxy groups -OCH3 is 1. The zero-order chi connectivity index (χ0) is 22.0. The Morgan fingerprint density at radius 1 is 1.26 bits per heavy atom. The van der Waals surface area contributed by atoms with Crippen LogP contribution >= 0.6 is 0 Å². The van der Waals surface area contributed by atoms with Gasteiger partial charge >= 0.3 is 0 Å². The molecule has 5 N–H and O–H groups in total. The molecule has 0 bridgehead atoms. The largest absolute Gasteiger partial charge is 0.493 e. The number of aromatic amines is 1. The number of nitrogens with one attached hydrogen (secondary N) is 1. The Bertz CT molecular complexity index is 1210. The average molecular weight is 417 g/mol. The van der Waals surface area contributed by atoms with Gasteiger partial charge in [0, 0.05) is 0 Å². The maximum atomic E-state index is 11.1. The van der Waals surface area contributed by atoms with Crippen LogP contribution in [-0.4, -0.2) is 29.8 Å². The van der Waals surface area contributed by atoms with Crippen LogP contribution in [0.15, 0.2) is 60.0 Å². The Morgan fingerprint density at radius 2 is 2.03 bits per heavy atom. The number of H-pyrrole nitrogens is 1. The monoisotopic (exact) mass is 417 g/mol. The molecule has 2 aromatic carbocycles. The van der Waals surface area contributed by atoms with E-state index in [0.29, 0.717) is 34.2 Å². The van der Waals surface area contributed by atoms with Crippen molar-refractivity contribution >= 4 is 5.91 Å². The molecule has 0 radical (unpaired) electrons. The number of nitrogens with zero attached hydrogens (tertiary/aromatic N) is 2. The number of ether oxygens (including phenoxy) is 3. The highest BCUT2D eigenvalue weighted by Crippen LogP contribution is 2.46. The maximum absolute atomic E-state index is 11.1. The number of fused-ring (bicyclic) bond motifs is 1. The molecule has 1 aliphatic heterocycles. The van der Waals surface area contributed by atoms with E-state index in [1.165, 1.54) is 7.11 Å². The Labute approximate surface area is 177 Å². The maximum Gasteiger partial charge on any atom is 0.255 e. The number of allylic oxidation sites excluding steroid dienone is 1. The van der Waals surface area contributed by atoms with E-state index in [1.54, 1.807) is 18.2 Å². The van der Waals surface area contributed by atoms with Crippen molar-refractivity contribution in [1.29, 1.82) is 5.26 Å². The summed E-state index contributed by atoms with van der Waals surface area (Å²) in [6, 6.07) is 16.9. The van der Waals surface area contributed by atoms with Crippen molar-refractivity contribution in [2.24, 2.45) is 11.5 Å². The van der Waals surface area contributed by atoms with Crippen molar-refractivity contribution in [3.63, 3.8) is 0 Å². The first-order chi connectivity index (χ1) is 15.0. The molecule has 2 heterocycles. The van der Waals surface area contributed by atoms with Crippen LogP contribution < -0.4 is 25.7 Å². The predicted molar refractivity (Wildman–Crippen MR) is 111 cm³/mol. The standard InChI is InChI=1S/C22H19N5O4/c1-29-16-9-13(7-8-15(16)30-11-17(24)28)18-14(10-23)21(25)31-22-19(18)20(26-27-22)12-5-3-2-4-6-12/h2-9,18H,11,25H2,1H3,(H2,24,28)(H,26,27)/t18-/m0/s1. The minimum absolute atomic E-state index is 0.0147. The van der Waals surface area contributed by atoms with Gasteiger partial charge in [0.2, 0.25) is 11.8 Å². The van der Waals surface area contributed by atoms with E-state index in [-0.39, 0.29) is 18.1 Å². The number of nitriles is 1. The van der Waals surface area contributed by atoms with Crippen molar-refractivity contribution in [2.45, 2.75) is 5.92 Å². The number of nitrogens with two attached hydrogens (primary N) is 2. The molecular formula is C22H19N5O4. The van der Waals surface area contributed by atoms with Gasteiger partial charge in [0.15, 0.2) is 18.1 Å². The van der Waals surface area contributed by atoms with Crippen LogP contribution in [0.25, 0.3) is 11.3 Å². The Kier molecular flexibility index (Phi) is 5.20. The highest BCUT2D eigenvalue weighted by atomic mass is 16.5. The van der Waals surface area contributed by atoms with Crippen LogP contribution in [-0.2, 0) is 4.79 Å². The van der Waals surface area contributed by atoms with E-state index in [0.717, 1.165) is 5.56 Å². The first-order valence-corrected chi connectivity index (χ1v) is 9.33. The fourth-order valence-electron chi connectivity index (χ4n) is 3.54. The molecule has 0 fully saturated rings. The molecule has 1 aromatic heterocycles. The second-order valence-electron chi connectivity index (χ2n) is 6.77. The van der Waals surface area contributed by atoms with Gasteiger partial charge in [0.05, 0.1) is 24.3 Å². The molecule has 9 heteroatoms. The van der Waals surface area contributed by atoms with E-state index in [1.807, 2.05) is 30.3 Å². The fraction of sp³-hybridized carbons (Fsp3) is 0.136. The molecular weight excluding hydrogens is 398 g/mol. The molecule has 1 atom stereocenters. The number of hydrogen-bond donors (Lipinski definition) is 3. The molecule has 156 valence electrons. The molecule has 9 nitrogen and oxygen atoms in total. The normalized spacial score (nSPS) is 14.9. The summed E-state index contributed by atoms with van der Waals surface area (Å²) in [5, 5.41) is 17.1. The van der Waals surface area contributed by atoms with Crippen LogP contribution in [0.2, 0.25) is 0 Å². The summed E-state index contributed by atoms with van der Waals surface area (Å²) in [5.74, 6) is -0.140. The van der Waals surface area contributed by atoms with Gasteiger partial charge in [0.1, 0.15) is 11.6 Å². The van der Waals surface area contributed by atoms with Crippen molar-refractivity contribution in [3.8, 4) is 34.7 Å². The lowest BCUT2D eigenvalue weighted by Crippen LogP contribution is -2.21. The van der Waals surface area contributed by atoms with Crippen molar-refractivity contribution in [3.05, 3.63) is 71.1 Å². The number of hydrogen-bond acceptors (Lipinski definition) is 7. The Hall–Kier alpha value is -4.45. The lowest BCUT2D eigenvalue weighted by atomic mass is 9.83. The highest BCUT2D eigenvalue weighted by Gasteiger charge is 2.36. The highest BCUT2D eigenvalue weighted by molar-refractivity contribution is 5.75. The van der Waals surface area contributed by atoms with Gasteiger partial charge in [-0.05, 0) is 23.3 Å². The lowest BCUT2D eigenvalue weighted by Gasteiger charge is -2.24. The smallest absolute Gasteiger partial charge is 0.255 e. The van der Waals surface area contributed by atoms with Gasteiger partial charge in [-0.2, -0.15) is 5.26 Å². The predicted octanol–water partition coefficient (Wildman–Crippen LogP) is 2.17. The number of rotatable bonds is 6. The lowest BCUT2D eigenvalue weighted by molar-refractivity contribution is -0.119. The summed E-state index contributed by atoms with van der Waals surface area (Å²) >= 11 is 0. The van der Waals surface area contributed by atoms with Crippen molar-refractivity contribution < 1.29 is 19.0 Å². The topological polar surface area (TPSA) is 149 Å². The van der Waals surface area contributed by atoms with E-state index in [4.69, 9.17) is 25.7 Å². The van der Waals surface area contributed by atoms with E-state index in [2.05, 4.69) is 16.3 Å². The van der Waals surface area contributed by atoms with E-state index < -0.39 is 11.8 Å². The third-order valence-electron chi connectivity index (χ3n) is 4.89. The number of amides is 1. The first-order valence-electron chi connectivity index (χ1n) is 9.33. The number of benzene rings is 2. The molecule has 0 saturated heterocycles. The van der Waals surface area contributed by atoms with Crippen LogP contribution in [0.1, 0.15) is 17.0 Å². The van der Waals surface area contributed by atoms with Crippen LogP contribution in [0.4, 0.5) is 0 Å². The SMILES string of the molecule is COc1cc([C@H]2C(C#N)=C(N)Oc3n[nH]c(-c4ccccc4)c32)ccc1OCC(N)=O. The summed E-state index contributed by atoms with van der Waals surface area (Å²) in [4.78, 5) is 11.1. The average Bonchev–Trinajstić information content (AvgIpc) is 3.20. The summed E-state index contributed by atoms with van der Waals surface area (Å²) in [6.07, 6.45) is 0. The van der Waals surface area contributed by atoms with Crippen LogP contribution in [0, 0.1) is 11.3 Å². The number of carbonyl (C=O) groups excluding carboxylic acids is 1. The molecule has 4 rings (SSSR count). The summed E-state index contributed by atoms with van der Waals surface area (Å²) < 4.78 is 16.5. The van der Waals surface area contributed by atoms with Gasteiger partial charge in [-0.1, -0.05) is 36.4 Å². The van der Waals surface area contributed by atoms with Gasteiger partial charge in [-0.25, -0.2) is 0 Å². The fourth-order valence-corrected chi connectivity index (χ4v) is 3.54. The van der Waals surface area contributed by atoms with E-state index in [9.17, 15) is 10.1 Å². The van der Waals surface area contributed by atoms with Gasteiger partial charge in [-0.15, -0.1) is 5.10 Å². The molecule has 3 aromatic rings. The van der Waals surface area contributed by atoms with Gasteiger partial charge in [0.25, 0.3) is 5.91 Å². The first kappa shape index (κ1) is 19.8. The molecule has 31 heavy (non-hydrogen) atoms. The van der Waals surface area contributed by atoms with Crippen LogP contribution in [0.3, 0.4) is 0 Å². The molecule has 1 amide bonds. The Morgan fingerprint density at radius 3 is 2.71 bits per heavy atom. The third kappa shape index (κ3) is 3.62. The molecule has 0 unspecified atom stereocenters. The second-order valence-corrected chi connectivity index (χ2v) is 6.77. The summed E-state index contributed by atoms with van der Waals surface area (Å²) in [5.41, 5.74) is 14.4. The minimum atomic E-state index is -0.603. The molecule has 0 spiro atoms. The number of primary amides is 1. The molecule has 0 saturated carbocycles. The summed E-state index contributed by atoms with van der Waals surface area (Å²) in [7, 11) is 1.48. The van der Waals surface area contributed by atoms with Gasteiger partial charge in [-0.3, -0.25) is 9.89 Å². The van der Waals surface area contributed by atoms with E-state index >= 15 is 0 Å². The third-order valence-corrected chi connectivity index (χ3v) is 4.89. The molecule has 0 aliphatic carbocycles. The van der Waals surface area contributed by atoms with Crippen molar-refractivity contribution in [2.75, 3.05) is 13.7 Å². The molecule has 1 aliphatic rings. The van der Waals surface area contributed by atoms with Gasteiger partial charge < -0.3 is 25.7 Å². The number of aromatic nitrogens is 2. The zero-order valence-corrected chi connectivity index (χ0v) is 16.6. The van der Waals surface area contributed by atoms with Crippen molar-refractivity contribution in [1.82, 2.24) is 10.2 Å². The summed E-state index contributed by atoms with van der Waals surface area (Å²) in [6.45, 7) is -0.284. The zero-order valence-electron chi connectivity index (χ0n) is 16.6. The second kappa shape index (κ2) is 8.12. The Balaban J connectivity index is 1.85. The quantitative estimate of drug-likeness (QED) is 0.556. The number of carbonyl (C=O) groups is 1.